The Morgan fingerprint density at radius 1 is 0.966 bits per heavy atom. The fourth-order valence-corrected chi connectivity index (χ4v) is 5.15. The number of amides is 2. The molecule has 1 aromatic carbocycles. The number of benzene rings is 1. The largest absolute Gasteiger partial charge is 0.459 e. The third-order valence-electron chi connectivity index (χ3n) is 6.86. The van der Waals surface area contributed by atoms with Gasteiger partial charge < -0.3 is 19.5 Å². The summed E-state index contributed by atoms with van der Waals surface area (Å²) in [6.07, 6.45) is 4.15. The number of nitrogens with zero attached hydrogens (tertiary/aromatic N) is 2. The number of likely N-dealkylation sites (tertiary alicyclic amines) is 1. The molecule has 152 valence electrons. The molecule has 0 radical (unpaired) electrons. The van der Waals surface area contributed by atoms with Crippen LogP contribution in [0.2, 0.25) is 0 Å². The van der Waals surface area contributed by atoms with E-state index in [1.54, 1.807) is 17.0 Å². The Morgan fingerprint density at radius 3 is 2.38 bits per heavy atom. The second-order valence-electron chi connectivity index (χ2n) is 8.48. The molecule has 6 heteroatoms. The molecule has 2 aromatic rings. The molecule has 3 atom stereocenters. The molecule has 0 bridgehead atoms. The van der Waals surface area contributed by atoms with Crippen LogP contribution in [0.3, 0.4) is 0 Å². The molecule has 1 unspecified atom stereocenters. The highest BCUT2D eigenvalue weighted by molar-refractivity contribution is 5.96. The first-order valence-corrected chi connectivity index (χ1v) is 10.6. The summed E-state index contributed by atoms with van der Waals surface area (Å²) in [7, 11) is 0. The van der Waals surface area contributed by atoms with Crippen LogP contribution in [0.25, 0.3) is 0 Å². The van der Waals surface area contributed by atoms with Crippen molar-refractivity contribution in [2.24, 2.45) is 11.8 Å². The van der Waals surface area contributed by atoms with Gasteiger partial charge in [0.05, 0.1) is 6.26 Å². The van der Waals surface area contributed by atoms with Gasteiger partial charge in [0.25, 0.3) is 5.91 Å². The Balaban J connectivity index is 1.40. The second kappa shape index (κ2) is 7.67. The minimum atomic E-state index is -0.474. The summed E-state index contributed by atoms with van der Waals surface area (Å²) in [5, 5.41) is 3.48. The van der Waals surface area contributed by atoms with E-state index in [4.69, 9.17) is 4.42 Å². The third kappa shape index (κ3) is 3.46. The average Bonchev–Trinajstić information content (AvgIpc) is 3.41. The van der Waals surface area contributed by atoms with E-state index >= 15 is 0 Å². The maximum Gasteiger partial charge on any atom is 0.290 e. The number of hydrogen-bond donors (Lipinski definition) is 1. The lowest BCUT2D eigenvalue weighted by Crippen LogP contribution is -2.53. The number of carbonyl (C=O) groups is 2. The summed E-state index contributed by atoms with van der Waals surface area (Å²) < 4.78 is 5.36. The lowest BCUT2D eigenvalue weighted by molar-refractivity contribution is -0.136. The molecule has 3 aliphatic rings. The van der Waals surface area contributed by atoms with Crippen molar-refractivity contribution in [3.8, 4) is 0 Å². The lowest BCUT2D eigenvalue weighted by Gasteiger charge is -2.38. The molecule has 1 aromatic heterocycles. The number of fused-ring (bicyclic) bond motifs is 2. The van der Waals surface area contributed by atoms with Gasteiger partial charge in [0.1, 0.15) is 6.04 Å². The lowest BCUT2D eigenvalue weighted by atomic mass is 9.92. The van der Waals surface area contributed by atoms with E-state index < -0.39 is 6.04 Å². The van der Waals surface area contributed by atoms with Crippen molar-refractivity contribution in [1.82, 2.24) is 15.1 Å². The molecule has 0 saturated carbocycles. The number of furan rings is 1. The van der Waals surface area contributed by atoms with E-state index in [0.717, 1.165) is 50.1 Å². The molecule has 6 nitrogen and oxygen atoms in total. The summed E-state index contributed by atoms with van der Waals surface area (Å²) in [5.41, 5.74) is 2.26. The first-order chi connectivity index (χ1) is 14.2. The van der Waals surface area contributed by atoms with Crippen LogP contribution in [0, 0.1) is 11.8 Å². The molecule has 0 spiro atoms. The van der Waals surface area contributed by atoms with Gasteiger partial charge in [0, 0.05) is 26.1 Å². The summed E-state index contributed by atoms with van der Waals surface area (Å²) in [4.78, 5) is 30.5. The Morgan fingerprint density at radius 2 is 1.69 bits per heavy atom. The fourth-order valence-electron chi connectivity index (χ4n) is 5.15. The van der Waals surface area contributed by atoms with Crippen molar-refractivity contribution in [1.29, 1.82) is 0 Å². The number of hydrogen-bond acceptors (Lipinski definition) is 4. The minimum absolute atomic E-state index is 0.0762. The van der Waals surface area contributed by atoms with Crippen LogP contribution in [0.1, 0.15) is 34.5 Å². The van der Waals surface area contributed by atoms with Gasteiger partial charge in [-0.25, -0.2) is 0 Å². The highest BCUT2D eigenvalue weighted by Gasteiger charge is 2.39. The molecule has 2 saturated heterocycles. The fraction of sp³-hybridized carbons (Fsp3) is 0.478. The van der Waals surface area contributed by atoms with E-state index in [9.17, 15) is 9.59 Å². The predicted octanol–water partition coefficient (Wildman–Crippen LogP) is 2.30. The molecular weight excluding hydrogens is 366 g/mol. The normalized spacial score (nSPS) is 26.6. The van der Waals surface area contributed by atoms with Gasteiger partial charge in [-0.2, -0.15) is 0 Å². The van der Waals surface area contributed by atoms with E-state index in [1.807, 2.05) is 23.1 Å². The van der Waals surface area contributed by atoms with Gasteiger partial charge in [-0.3, -0.25) is 9.59 Å². The van der Waals surface area contributed by atoms with Gasteiger partial charge in [-0.15, -0.1) is 0 Å². The highest BCUT2D eigenvalue weighted by Crippen LogP contribution is 2.30. The molecule has 3 aliphatic heterocycles. The standard InChI is InChI=1S/C23H27N3O3/c27-22(25-9-7-17-13-24-14-18(17)8-10-25)20-12-16-4-1-2-5-19(16)15-26(20)23(28)21-6-3-11-29-21/h1-6,11,17-18,20,24H,7-10,12-15H2/t17-,18+,20?. The van der Waals surface area contributed by atoms with Crippen LogP contribution in [0.15, 0.2) is 47.1 Å². The molecule has 2 fully saturated rings. The van der Waals surface area contributed by atoms with Crippen molar-refractivity contribution in [2.75, 3.05) is 26.2 Å². The van der Waals surface area contributed by atoms with E-state index in [2.05, 4.69) is 11.4 Å². The van der Waals surface area contributed by atoms with Gasteiger partial charge in [-0.05, 0) is 61.0 Å². The van der Waals surface area contributed by atoms with Gasteiger partial charge in [0.15, 0.2) is 5.76 Å². The molecular formula is C23H27N3O3. The zero-order valence-corrected chi connectivity index (χ0v) is 16.5. The molecule has 0 aliphatic carbocycles. The van der Waals surface area contributed by atoms with Crippen LogP contribution in [-0.2, 0) is 17.8 Å². The number of carbonyl (C=O) groups excluding carboxylic acids is 2. The summed E-state index contributed by atoms with van der Waals surface area (Å²) in [6.45, 7) is 4.12. The first-order valence-electron chi connectivity index (χ1n) is 10.6. The van der Waals surface area contributed by atoms with Crippen LogP contribution in [-0.4, -0.2) is 53.8 Å². The zero-order valence-electron chi connectivity index (χ0n) is 16.5. The van der Waals surface area contributed by atoms with Gasteiger partial charge in [-0.1, -0.05) is 24.3 Å². The quantitative estimate of drug-likeness (QED) is 0.850. The van der Waals surface area contributed by atoms with Crippen LogP contribution < -0.4 is 5.32 Å². The summed E-state index contributed by atoms with van der Waals surface area (Å²) >= 11 is 0. The smallest absolute Gasteiger partial charge is 0.290 e. The number of nitrogens with one attached hydrogen (secondary N) is 1. The third-order valence-corrected chi connectivity index (χ3v) is 6.86. The molecule has 2 amide bonds. The van der Waals surface area contributed by atoms with E-state index in [1.165, 1.54) is 6.26 Å². The Labute approximate surface area is 170 Å². The topological polar surface area (TPSA) is 65.8 Å². The van der Waals surface area contributed by atoms with E-state index in [0.29, 0.717) is 30.6 Å². The average molecular weight is 393 g/mol. The number of rotatable bonds is 2. The highest BCUT2D eigenvalue weighted by atomic mass is 16.3. The molecule has 5 rings (SSSR count). The van der Waals surface area contributed by atoms with Crippen molar-refractivity contribution < 1.29 is 14.0 Å². The Hall–Kier alpha value is -2.60. The Bertz CT molecular complexity index is 881. The SMILES string of the molecule is O=C(C1Cc2ccccc2CN1C(=O)c1ccco1)N1CC[C@@H]2CNC[C@@H]2CC1. The van der Waals surface area contributed by atoms with E-state index in [-0.39, 0.29) is 11.8 Å². The van der Waals surface area contributed by atoms with Crippen molar-refractivity contribution >= 4 is 11.8 Å². The van der Waals surface area contributed by atoms with Crippen molar-refractivity contribution in [3.05, 3.63) is 59.5 Å². The molecule has 4 heterocycles. The van der Waals surface area contributed by atoms with Gasteiger partial charge >= 0.3 is 0 Å². The molecule has 29 heavy (non-hydrogen) atoms. The second-order valence-corrected chi connectivity index (χ2v) is 8.48. The zero-order chi connectivity index (χ0) is 19.8. The molecule has 1 N–H and O–H groups in total. The van der Waals surface area contributed by atoms with Crippen molar-refractivity contribution in [2.45, 2.75) is 31.8 Å². The van der Waals surface area contributed by atoms with Gasteiger partial charge in [0.2, 0.25) is 5.91 Å². The van der Waals surface area contributed by atoms with Crippen LogP contribution in [0.4, 0.5) is 0 Å². The van der Waals surface area contributed by atoms with Crippen molar-refractivity contribution in [3.63, 3.8) is 0 Å². The minimum Gasteiger partial charge on any atom is -0.459 e. The maximum absolute atomic E-state index is 13.6. The predicted molar refractivity (Wildman–Crippen MR) is 108 cm³/mol. The van der Waals surface area contributed by atoms with Crippen LogP contribution in [0.5, 0.6) is 0 Å². The summed E-state index contributed by atoms with van der Waals surface area (Å²) in [5.74, 6) is 1.49. The maximum atomic E-state index is 13.6. The Kier molecular flexibility index (Phi) is 4.87. The monoisotopic (exact) mass is 393 g/mol. The van der Waals surface area contributed by atoms with Crippen LogP contribution >= 0.6 is 0 Å². The summed E-state index contributed by atoms with van der Waals surface area (Å²) in [6, 6.07) is 11.0. The first kappa shape index (κ1) is 18.4.